The molecule has 1 fully saturated rings. The SMILES string of the molecule is O=C(Cn1cc(-c2ccccc2)c2scc(-c3ccc(Cl)c(C(F)(F)F)c3)c2c1=O)N1CCCC1. The molecule has 0 saturated carbocycles. The summed E-state index contributed by atoms with van der Waals surface area (Å²) in [6.45, 7) is 1.20. The van der Waals surface area contributed by atoms with Gasteiger partial charge in [-0.25, -0.2) is 0 Å². The molecule has 0 radical (unpaired) electrons. The molecule has 0 N–H and O–H groups in total. The molecule has 1 amide bonds. The number of aromatic nitrogens is 1. The summed E-state index contributed by atoms with van der Waals surface area (Å²) in [5.41, 5.74) is 0.854. The lowest BCUT2D eigenvalue weighted by Crippen LogP contribution is -2.34. The molecule has 35 heavy (non-hydrogen) atoms. The Morgan fingerprint density at radius 3 is 2.40 bits per heavy atom. The van der Waals surface area contributed by atoms with Gasteiger partial charge in [-0.15, -0.1) is 11.3 Å². The van der Waals surface area contributed by atoms with Gasteiger partial charge in [-0.1, -0.05) is 48.0 Å². The van der Waals surface area contributed by atoms with Gasteiger partial charge in [0.05, 0.1) is 16.0 Å². The summed E-state index contributed by atoms with van der Waals surface area (Å²) in [5.74, 6) is -0.148. The quantitative estimate of drug-likeness (QED) is 0.303. The zero-order valence-corrected chi connectivity index (χ0v) is 20.0. The topological polar surface area (TPSA) is 42.3 Å². The summed E-state index contributed by atoms with van der Waals surface area (Å²) < 4.78 is 42.6. The predicted octanol–water partition coefficient (Wildman–Crippen LogP) is 6.69. The largest absolute Gasteiger partial charge is 0.417 e. The number of benzene rings is 2. The third kappa shape index (κ3) is 4.48. The van der Waals surface area contributed by atoms with E-state index in [-0.39, 0.29) is 18.0 Å². The Morgan fingerprint density at radius 1 is 1.00 bits per heavy atom. The number of hydrogen-bond donors (Lipinski definition) is 0. The molecule has 0 atom stereocenters. The standard InChI is InChI=1S/C26H20ClF3N2O2S/c27-21-9-8-17(12-20(21)26(28,29)30)19-15-35-24-18(16-6-2-1-3-7-16)13-32(25(34)23(19)24)14-22(33)31-10-4-5-11-31/h1-3,6-9,12-13,15H,4-5,10-11,14H2. The fourth-order valence-corrected chi connectivity index (χ4v) is 5.79. The minimum atomic E-state index is -4.63. The molecule has 0 spiro atoms. The van der Waals surface area contributed by atoms with Crippen LogP contribution < -0.4 is 5.56 Å². The highest BCUT2D eigenvalue weighted by Crippen LogP contribution is 2.41. The minimum Gasteiger partial charge on any atom is -0.341 e. The monoisotopic (exact) mass is 516 g/mol. The minimum absolute atomic E-state index is 0.127. The Labute approximate surface area is 208 Å². The van der Waals surface area contributed by atoms with E-state index in [0.717, 1.165) is 30.0 Å². The third-order valence-corrected chi connectivity index (χ3v) is 7.57. The first-order valence-electron chi connectivity index (χ1n) is 11.1. The van der Waals surface area contributed by atoms with E-state index in [0.29, 0.717) is 28.7 Å². The number of hydrogen-bond acceptors (Lipinski definition) is 3. The maximum atomic E-state index is 13.6. The fourth-order valence-electron chi connectivity index (χ4n) is 4.46. The highest BCUT2D eigenvalue weighted by atomic mass is 35.5. The van der Waals surface area contributed by atoms with Gasteiger partial charge in [-0.3, -0.25) is 9.59 Å². The van der Waals surface area contributed by atoms with Crippen LogP contribution in [0.25, 0.3) is 32.3 Å². The average molecular weight is 517 g/mol. The van der Waals surface area contributed by atoms with E-state index in [1.54, 1.807) is 16.5 Å². The molecule has 180 valence electrons. The van der Waals surface area contributed by atoms with E-state index in [2.05, 4.69) is 0 Å². The van der Waals surface area contributed by atoms with Gasteiger partial charge in [0, 0.05) is 40.5 Å². The second kappa shape index (κ2) is 9.17. The zero-order chi connectivity index (χ0) is 24.7. The number of pyridine rings is 1. The van der Waals surface area contributed by atoms with E-state index >= 15 is 0 Å². The van der Waals surface area contributed by atoms with Crippen LogP contribution in [0, 0.1) is 0 Å². The molecule has 4 aromatic rings. The van der Waals surface area contributed by atoms with E-state index in [1.807, 2.05) is 30.3 Å². The molecule has 0 aliphatic carbocycles. The van der Waals surface area contributed by atoms with Crippen LogP contribution in [0.3, 0.4) is 0 Å². The molecule has 2 aromatic carbocycles. The van der Waals surface area contributed by atoms with Gasteiger partial charge in [0.25, 0.3) is 5.56 Å². The molecule has 9 heteroatoms. The number of likely N-dealkylation sites (tertiary alicyclic amines) is 1. The molecule has 3 heterocycles. The van der Waals surface area contributed by atoms with Gasteiger partial charge >= 0.3 is 6.18 Å². The first-order valence-corrected chi connectivity index (χ1v) is 12.3. The molecule has 0 unspecified atom stereocenters. The number of nitrogens with zero attached hydrogens (tertiary/aromatic N) is 2. The van der Waals surface area contributed by atoms with Gasteiger partial charge in [0.15, 0.2) is 0 Å². The molecule has 1 aliphatic heterocycles. The van der Waals surface area contributed by atoms with E-state index in [9.17, 15) is 22.8 Å². The van der Waals surface area contributed by atoms with Crippen LogP contribution in [0.15, 0.2) is 64.9 Å². The Kier molecular flexibility index (Phi) is 6.19. The maximum absolute atomic E-state index is 13.6. The first-order chi connectivity index (χ1) is 16.7. The molecule has 2 aromatic heterocycles. The summed E-state index contributed by atoms with van der Waals surface area (Å²) in [7, 11) is 0. The number of halogens is 4. The number of alkyl halides is 3. The lowest BCUT2D eigenvalue weighted by atomic mass is 10.00. The van der Waals surface area contributed by atoms with Crippen LogP contribution in [-0.2, 0) is 17.5 Å². The summed E-state index contributed by atoms with van der Waals surface area (Å²) in [5, 5.41) is 1.58. The maximum Gasteiger partial charge on any atom is 0.417 e. The van der Waals surface area contributed by atoms with Gasteiger partial charge in [-0.2, -0.15) is 13.2 Å². The summed E-state index contributed by atoms with van der Waals surface area (Å²) in [6, 6.07) is 13.1. The summed E-state index contributed by atoms with van der Waals surface area (Å²) in [4.78, 5) is 28.2. The van der Waals surface area contributed by atoms with Crippen LogP contribution in [-0.4, -0.2) is 28.5 Å². The van der Waals surface area contributed by atoms with Gasteiger partial charge in [0.1, 0.15) is 6.54 Å². The van der Waals surface area contributed by atoms with E-state index in [4.69, 9.17) is 11.6 Å². The van der Waals surface area contributed by atoms with E-state index in [1.165, 1.54) is 28.0 Å². The zero-order valence-electron chi connectivity index (χ0n) is 18.4. The average Bonchev–Trinajstić information content (AvgIpc) is 3.52. The number of rotatable bonds is 4. The van der Waals surface area contributed by atoms with Crippen LogP contribution in [0.2, 0.25) is 5.02 Å². The Bertz CT molecular complexity index is 1470. The first kappa shape index (κ1) is 23.6. The Balaban J connectivity index is 1.71. The second-order valence-corrected chi connectivity index (χ2v) is 9.76. The smallest absolute Gasteiger partial charge is 0.341 e. The van der Waals surface area contributed by atoms with Crippen molar-refractivity contribution in [3.63, 3.8) is 0 Å². The number of fused-ring (bicyclic) bond motifs is 1. The Morgan fingerprint density at radius 2 is 1.71 bits per heavy atom. The molecule has 5 rings (SSSR count). The Hall–Kier alpha value is -3.10. The van der Waals surface area contributed by atoms with Crippen LogP contribution in [0.5, 0.6) is 0 Å². The number of amides is 1. The van der Waals surface area contributed by atoms with E-state index < -0.39 is 22.3 Å². The number of carbonyl (C=O) groups is 1. The van der Waals surface area contributed by atoms with Crippen molar-refractivity contribution in [1.29, 1.82) is 0 Å². The highest BCUT2D eigenvalue weighted by molar-refractivity contribution is 7.18. The molecular weight excluding hydrogens is 497 g/mol. The van der Waals surface area contributed by atoms with Crippen molar-refractivity contribution >= 4 is 38.9 Å². The molecule has 1 saturated heterocycles. The van der Waals surface area contributed by atoms with Crippen LogP contribution in [0.4, 0.5) is 13.2 Å². The van der Waals surface area contributed by atoms with Crippen molar-refractivity contribution < 1.29 is 18.0 Å². The van der Waals surface area contributed by atoms with Gasteiger partial charge < -0.3 is 9.47 Å². The normalized spacial score (nSPS) is 14.1. The van der Waals surface area contributed by atoms with Crippen molar-refractivity contribution in [1.82, 2.24) is 9.47 Å². The lowest BCUT2D eigenvalue weighted by Gasteiger charge is -2.17. The third-order valence-electron chi connectivity index (χ3n) is 6.23. The van der Waals surface area contributed by atoms with Crippen molar-refractivity contribution in [3.05, 3.63) is 81.0 Å². The second-order valence-electron chi connectivity index (χ2n) is 8.48. The lowest BCUT2D eigenvalue weighted by molar-refractivity contribution is -0.137. The van der Waals surface area contributed by atoms with Crippen molar-refractivity contribution in [3.8, 4) is 22.3 Å². The number of carbonyl (C=O) groups excluding carboxylic acids is 1. The molecule has 4 nitrogen and oxygen atoms in total. The van der Waals surface area contributed by atoms with Gasteiger partial charge in [-0.05, 0) is 36.1 Å². The van der Waals surface area contributed by atoms with Crippen molar-refractivity contribution in [2.45, 2.75) is 25.6 Å². The van der Waals surface area contributed by atoms with Gasteiger partial charge in [0.2, 0.25) is 5.91 Å². The summed E-state index contributed by atoms with van der Waals surface area (Å²) >= 11 is 7.11. The van der Waals surface area contributed by atoms with Crippen molar-refractivity contribution in [2.24, 2.45) is 0 Å². The molecular formula is C26H20ClF3N2O2S. The van der Waals surface area contributed by atoms with Crippen LogP contribution in [0.1, 0.15) is 18.4 Å². The number of thiophene rings is 1. The fraction of sp³-hybridized carbons (Fsp3) is 0.231. The molecule has 1 aliphatic rings. The summed E-state index contributed by atoms with van der Waals surface area (Å²) in [6.07, 6.45) is -1.09. The van der Waals surface area contributed by atoms with Crippen molar-refractivity contribution in [2.75, 3.05) is 13.1 Å². The highest BCUT2D eigenvalue weighted by Gasteiger charge is 2.33. The molecule has 0 bridgehead atoms. The van der Waals surface area contributed by atoms with Crippen LogP contribution >= 0.6 is 22.9 Å². The predicted molar refractivity (Wildman–Crippen MR) is 133 cm³/mol.